The summed E-state index contributed by atoms with van der Waals surface area (Å²) in [6.07, 6.45) is 3.04. The molecule has 11 nitrogen and oxygen atoms in total. The van der Waals surface area contributed by atoms with Crippen LogP contribution >= 0.6 is 0 Å². The predicted octanol–water partition coefficient (Wildman–Crippen LogP) is 3.73. The fraction of sp³-hybridized carbons (Fsp3) is 0.343. The maximum Gasteiger partial charge on any atom is 0.297 e. The number of ether oxygens (including phenoxy) is 3. The molecule has 4 aromatic rings. The van der Waals surface area contributed by atoms with Crippen LogP contribution in [-0.2, 0) is 21.7 Å². The lowest BCUT2D eigenvalue weighted by atomic mass is 9.82. The highest BCUT2D eigenvalue weighted by molar-refractivity contribution is 6.71. The van der Waals surface area contributed by atoms with Crippen molar-refractivity contribution in [1.29, 1.82) is 0 Å². The Morgan fingerprint density at radius 3 is 2.00 bits per heavy atom. The molecule has 1 amide bonds. The second kappa shape index (κ2) is 12.3. The number of fused-ring (bicyclic) bond motifs is 2. The minimum atomic E-state index is -2.89. The third-order valence-corrected chi connectivity index (χ3v) is 12.0. The van der Waals surface area contributed by atoms with E-state index in [1.165, 1.54) is 23.4 Å². The van der Waals surface area contributed by atoms with Crippen molar-refractivity contribution in [2.24, 2.45) is 5.92 Å². The van der Waals surface area contributed by atoms with Crippen LogP contribution in [0, 0.1) is 5.92 Å². The van der Waals surface area contributed by atoms with Gasteiger partial charge in [0.15, 0.2) is 25.4 Å². The molecule has 47 heavy (non-hydrogen) atoms. The normalized spacial score (nSPS) is 22.1. The first kappa shape index (κ1) is 32.4. The summed E-state index contributed by atoms with van der Waals surface area (Å²) in [5.41, 5.74) is 0.825. The van der Waals surface area contributed by atoms with E-state index < -0.39 is 25.9 Å². The topological polar surface area (TPSA) is 132 Å². The molecule has 0 radical (unpaired) electrons. The van der Waals surface area contributed by atoms with Gasteiger partial charge in [0.2, 0.25) is 0 Å². The molecule has 246 valence electrons. The van der Waals surface area contributed by atoms with Gasteiger partial charge in [-0.1, -0.05) is 19.1 Å². The fourth-order valence-electron chi connectivity index (χ4n) is 7.38. The van der Waals surface area contributed by atoms with Gasteiger partial charge >= 0.3 is 0 Å². The van der Waals surface area contributed by atoms with Crippen molar-refractivity contribution >= 4 is 19.9 Å². The van der Waals surface area contributed by atoms with Crippen molar-refractivity contribution in [3.8, 4) is 22.9 Å². The van der Waals surface area contributed by atoms with E-state index in [-0.39, 0.29) is 53.6 Å². The van der Waals surface area contributed by atoms with Crippen LogP contribution in [0.15, 0.2) is 88.7 Å². The average molecular weight is 658 g/mol. The molecule has 0 unspecified atom stereocenters. The average Bonchev–Trinajstić information content (AvgIpc) is 3.48. The summed E-state index contributed by atoms with van der Waals surface area (Å²) >= 11 is 0. The van der Waals surface area contributed by atoms with Gasteiger partial charge in [-0.05, 0) is 79.7 Å². The molecule has 1 fully saturated rings. The number of pyridine rings is 2. The monoisotopic (exact) mass is 657 g/mol. The number of benzene rings is 2. The lowest BCUT2D eigenvalue weighted by Gasteiger charge is -2.32. The first-order chi connectivity index (χ1) is 22.5. The third-order valence-electron chi connectivity index (χ3n) is 9.48. The lowest BCUT2D eigenvalue weighted by molar-refractivity contribution is -0.146. The first-order valence-corrected chi connectivity index (χ1v) is 18.6. The molecule has 2 aliphatic heterocycles. The van der Waals surface area contributed by atoms with Crippen LogP contribution in [0.5, 0.6) is 11.5 Å². The molecule has 6 rings (SSSR count). The Bertz CT molecular complexity index is 1930. The second-order valence-corrected chi connectivity index (χ2v) is 16.6. The van der Waals surface area contributed by atoms with E-state index in [1.807, 2.05) is 56.4 Å². The van der Waals surface area contributed by atoms with Crippen LogP contribution in [0.2, 0.25) is 18.6 Å². The van der Waals surface area contributed by atoms with Gasteiger partial charge in [0, 0.05) is 47.4 Å². The number of aliphatic hydroxyl groups is 1. The molecular weight excluding hydrogens is 618 g/mol. The number of aliphatic hydroxyl groups excluding tert-OH is 1. The summed E-state index contributed by atoms with van der Waals surface area (Å²) in [7, 11) is -0.00410. The van der Waals surface area contributed by atoms with Crippen molar-refractivity contribution in [3.05, 3.63) is 111 Å². The van der Waals surface area contributed by atoms with Gasteiger partial charge in [0.1, 0.15) is 0 Å². The summed E-state index contributed by atoms with van der Waals surface area (Å²) in [6, 6.07) is 19.4. The number of hydrogen-bond acceptors (Lipinski definition) is 8. The minimum Gasteiger partial charge on any atom is -0.491 e. The maximum absolute atomic E-state index is 14.8. The summed E-state index contributed by atoms with van der Waals surface area (Å²) in [5, 5.41) is 9.94. The number of hydrogen-bond donors (Lipinski definition) is 2. The van der Waals surface area contributed by atoms with Crippen LogP contribution in [-0.4, -0.2) is 60.2 Å². The molecule has 0 saturated carbocycles. The zero-order valence-electron chi connectivity index (χ0n) is 27.0. The zero-order chi connectivity index (χ0) is 33.7. The van der Waals surface area contributed by atoms with Gasteiger partial charge in [-0.25, -0.2) is 0 Å². The molecule has 12 heteroatoms. The molecule has 2 N–H and O–H groups in total. The van der Waals surface area contributed by atoms with Crippen molar-refractivity contribution in [2.75, 3.05) is 25.7 Å². The SMILES string of the molecule is COc1cccn(-c2ccc(CN3C(=O)[C@@]4(O[C@@H](CCO)[C@H]([Si](C)(C)O)[C@H]4C)c4cc(-n5cccc(OC)c5=O)ccc43)cc2)c1=O. The largest absolute Gasteiger partial charge is 0.491 e. The molecule has 2 aliphatic rings. The number of methoxy groups -OCH3 is 2. The number of carbonyl (C=O) groups is 1. The Morgan fingerprint density at radius 2 is 1.45 bits per heavy atom. The fourth-order valence-corrected chi connectivity index (χ4v) is 9.98. The van der Waals surface area contributed by atoms with Crippen LogP contribution in [0.4, 0.5) is 5.69 Å². The summed E-state index contributed by atoms with van der Waals surface area (Å²) < 4.78 is 20.2. The van der Waals surface area contributed by atoms with Crippen molar-refractivity contribution in [1.82, 2.24) is 9.13 Å². The van der Waals surface area contributed by atoms with Crippen LogP contribution in [0.25, 0.3) is 11.4 Å². The molecule has 2 aromatic heterocycles. The van der Waals surface area contributed by atoms with Gasteiger partial charge in [0.25, 0.3) is 17.0 Å². The molecule has 1 saturated heterocycles. The number of carbonyl (C=O) groups excluding carboxylic acids is 1. The van der Waals surface area contributed by atoms with Gasteiger partial charge in [-0.2, -0.15) is 0 Å². The summed E-state index contributed by atoms with van der Waals surface area (Å²) in [6.45, 7) is 5.66. The number of aromatic nitrogens is 2. The first-order valence-electron chi connectivity index (χ1n) is 15.5. The minimum absolute atomic E-state index is 0.152. The van der Waals surface area contributed by atoms with E-state index in [4.69, 9.17) is 14.2 Å². The van der Waals surface area contributed by atoms with E-state index in [0.29, 0.717) is 22.6 Å². The molecule has 4 heterocycles. The predicted molar refractivity (Wildman–Crippen MR) is 179 cm³/mol. The Balaban J connectivity index is 1.45. The number of anilines is 1. The quantitative estimate of drug-likeness (QED) is 0.261. The molecule has 0 bridgehead atoms. The zero-order valence-corrected chi connectivity index (χ0v) is 28.0. The number of rotatable bonds is 9. The Labute approximate surface area is 273 Å². The smallest absolute Gasteiger partial charge is 0.297 e. The van der Waals surface area contributed by atoms with E-state index >= 15 is 0 Å². The Kier molecular flexibility index (Phi) is 8.47. The van der Waals surface area contributed by atoms with Crippen molar-refractivity contribution in [3.63, 3.8) is 0 Å². The van der Waals surface area contributed by atoms with Gasteiger partial charge in [-0.3, -0.25) is 23.5 Å². The Hall–Kier alpha value is -4.49. The maximum atomic E-state index is 14.8. The lowest BCUT2D eigenvalue weighted by Crippen LogP contribution is -2.46. The molecule has 0 aliphatic carbocycles. The van der Waals surface area contributed by atoms with Crippen LogP contribution in [0.3, 0.4) is 0 Å². The summed E-state index contributed by atoms with van der Waals surface area (Å²) in [5.74, 6) is -0.288. The second-order valence-electron chi connectivity index (χ2n) is 12.6. The number of amides is 1. The standard InChI is InChI=1S/C35H39N3O8Si/c1-22-31(47(4,5)43)28(16-19-39)46-35(22)26-20-25(37-18-7-9-30(45-3)33(37)41)14-15-27(26)38(34(35)42)21-23-10-12-24(13-11-23)36-17-6-8-29(44-2)32(36)40/h6-15,17-18,20,22,28,31,39,43H,16,19,21H2,1-5H3/t22-,28+,31-,35+/m1/s1. The highest BCUT2D eigenvalue weighted by Crippen LogP contribution is 2.60. The third kappa shape index (κ3) is 5.31. The van der Waals surface area contributed by atoms with Gasteiger partial charge in [-0.15, -0.1) is 0 Å². The van der Waals surface area contributed by atoms with E-state index in [0.717, 1.165) is 5.56 Å². The molecular formula is C35H39N3O8Si. The van der Waals surface area contributed by atoms with Gasteiger partial charge in [0.05, 0.1) is 32.6 Å². The summed E-state index contributed by atoms with van der Waals surface area (Å²) in [4.78, 5) is 53.9. The van der Waals surface area contributed by atoms with E-state index in [9.17, 15) is 24.3 Å². The van der Waals surface area contributed by atoms with Crippen LogP contribution < -0.4 is 25.5 Å². The Morgan fingerprint density at radius 1 is 0.872 bits per heavy atom. The highest BCUT2D eigenvalue weighted by atomic mass is 28.4. The molecule has 4 atom stereocenters. The van der Waals surface area contributed by atoms with Crippen molar-refractivity contribution < 1.29 is 28.9 Å². The van der Waals surface area contributed by atoms with E-state index in [1.54, 1.807) is 47.6 Å². The van der Waals surface area contributed by atoms with Crippen LogP contribution in [0.1, 0.15) is 24.5 Å². The van der Waals surface area contributed by atoms with E-state index in [2.05, 4.69) is 0 Å². The molecule has 1 spiro atoms. The molecule has 2 aromatic carbocycles. The van der Waals surface area contributed by atoms with Crippen molar-refractivity contribution in [2.45, 2.75) is 50.2 Å². The van der Waals surface area contributed by atoms with Gasteiger partial charge < -0.3 is 29.0 Å². The number of nitrogens with zero attached hydrogens (tertiary/aromatic N) is 3. The highest BCUT2D eigenvalue weighted by Gasteiger charge is 2.66.